The van der Waals surface area contributed by atoms with Gasteiger partial charge in [0.05, 0.1) is 0 Å². The summed E-state index contributed by atoms with van der Waals surface area (Å²) < 4.78 is 1.64. The van der Waals surface area contributed by atoms with E-state index in [1.807, 2.05) is 30.3 Å². The molecule has 0 fully saturated rings. The van der Waals surface area contributed by atoms with E-state index in [4.69, 9.17) is 0 Å². The molecule has 18 heavy (non-hydrogen) atoms. The first-order valence-corrected chi connectivity index (χ1v) is 5.69. The average Bonchev–Trinajstić information content (AvgIpc) is 2.80. The van der Waals surface area contributed by atoms with Gasteiger partial charge in [0.25, 0.3) is 0 Å². The quantitative estimate of drug-likeness (QED) is 0.656. The molecule has 2 aromatic heterocycles. The van der Waals surface area contributed by atoms with Crippen LogP contribution in [0.3, 0.4) is 0 Å². The molecule has 0 amide bonds. The summed E-state index contributed by atoms with van der Waals surface area (Å²) in [5.41, 5.74) is 2.52. The number of hydrogen-bond acceptors (Lipinski definition) is 3. The molecule has 0 N–H and O–H groups in total. The molecule has 1 aromatic carbocycles. The first kappa shape index (κ1) is 10.7. The lowest BCUT2D eigenvalue weighted by Crippen LogP contribution is -1.92. The summed E-state index contributed by atoms with van der Waals surface area (Å²) in [4.78, 5) is 15.1. The number of carbonyl (C=O) groups is 1. The van der Waals surface area contributed by atoms with Gasteiger partial charge in [0.15, 0.2) is 17.8 Å². The molecule has 0 atom stereocenters. The number of pyridine rings is 1. The lowest BCUT2D eigenvalue weighted by atomic mass is 10.1. The molecule has 88 valence electrons. The van der Waals surface area contributed by atoms with E-state index in [1.165, 1.54) is 5.56 Å². The van der Waals surface area contributed by atoms with Crippen molar-refractivity contribution in [3.63, 3.8) is 0 Å². The number of rotatable bonds is 3. The first-order valence-electron chi connectivity index (χ1n) is 5.69. The van der Waals surface area contributed by atoms with Gasteiger partial charge in [-0.2, -0.15) is 5.10 Å². The maximum Gasteiger partial charge on any atom is 0.156 e. The Labute approximate surface area is 104 Å². The first-order chi connectivity index (χ1) is 8.85. The predicted molar refractivity (Wildman–Crippen MR) is 67.6 cm³/mol. The minimum atomic E-state index is 0.596. The highest BCUT2D eigenvalue weighted by Crippen LogP contribution is 2.08. The fraction of sp³-hybridized carbons (Fsp3) is 0.0714. The van der Waals surface area contributed by atoms with Gasteiger partial charge in [0.1, 0.15) is 0 Å². The summed E-state index contributed by atoms with van der Waals surface area (Å²) in [5.74, 6) is 0.754. The van der Waals surface area contributed by atoms with E-state index in [0.29, 0.717) is 12.0 Å². The Bertz CT molecular complexity index is 689. The topological polar surface area (TPSA) is 47.3 Å². The van der Waals surface area contributed by atoms with E-state index in [1.54, 1.807) is 22.8 Å². The molecule has 3 aromatic rings. The number of nitrogens with zero attached hydrogens (tertiary/aromatic N) is 3. The average molecular weight is 237 g/mol. The number of aromatic nitrogens is 3. The van der Waals surface area contributed by atoms with Crippen LogP contribution in [0.2, 0.25) is 0 Å². The monoisotopic (exact) mass is 237 g/mol. The summed E-state index contributed by atoms with van der Waals surface area (Å²) in [6.45, 7) is 0. The zero-order valence-corrected chi connectivity index (χ0v) is 9.65. The highest BCUT2D eigenvalue weighted by molar-refractivity contribution is 5.74. The van der Waals surface area contributed by atoms with Gasteiger partial charge >= 0.3 is 0 Å². The summed E-state index contributed by atoms with van der Waals surface area (Å²) >= 11 is 0. The molecule has 0 bridgehead atoms. The molecule has 2 heterocycles. The summed E-state index contributed by atoms with van der Waals surface area (Å²) in [7, 11) is 0. The van der Waals surface area contributed by atoms with Gasteiger partial charge in [-0.3, -0.25) is 4.79 Å². The van der Waals surface area contributed by atoms with Crippen LogP contribution in [0, 0.1) is 0 Å². The SMILES string of the molecule is O=Cc1ccc2nc(Cc3ccccc3)nn2c1. The van der Waals surface area contributed by atoms with Crippen LogP contribution >= 0.6 is 0 Å². The number of fused-ring (bicyclic) bond motifs is 1. The maximum atomic E-state index is 10.7. The van der Waals surface area contributed by atoms with E-state index in [-0.39, 0.29) is 0 Å². The highest BCUT2D eigenvalue weighted by atomic mass is 16.1. The van der Waals surface area contributed by atoms with Crippen molar-refractivity contribution in [2.75, 3.05) is 0 Å². The fourth-order valence-corrected chi connectivity index (χ4v) is 1.87. The Kier molecular flexibility index (Phi) is 2.61. The van der Waals surface area contributed by atoms with E-state index >= 15 is 0 Å². The van der Waals surface area contributed by atoms with Crippen LogP contribution in [0.5, 0.6) is 0 Å². The third-order valence-electron chi connectivity index (χ3n) is 2.74. The second-order valence-corrected chi connectivity index (χ2v) is 4.07. The summed E-state index contributed by atoms with van der Waals surface area (Å²) in [6, 6.07) is 13.6. The van der Waals surface area contributed by atoms with Gasteiger partial charge in [-0.1, -0.05) is 30.3 Å². The van der Waals surface area contributed by atoms with Gasteiger partial charge in [-0.05, 0) is 17.7 Å². The van der Waals surface area contributed by atoms with Crippen molar-refractivity contribution in [2.24, 2.45) is 0 Å². The molecule has 0 aliphatic rings. The lowest BCUT2D eigenvalue weighted by molar-refractivity contribution is 0.112. The predicted octanol–water partition coefficient (Wildman–Crippen LogP) is 2.13. The van der Waals surface area contributed by atoms with Crippen molar-refractivity contribution in [3.05, 3.63) is 65.6 Å². The Morgan fingerprint density at radius 1 is 1.11 bits per heavy atom. The van der Waals surface area contributed by atoms with Crippen LogP contribution in [0.4, 0.5) is 0 Å². The Morgan fingerprint density at radius 2 is 1.94 bits per heavy atom. The van der Waals surface area contributed by atoms with Gasteiger partial charge < -0.3 is 0 Å². The molecule has 0 saturated carbocycles. The zero-order chi connectivity index (χ0) is 12.4. The smallest absolute Gasteiger partial charge is 0.156 e. The number of hydrogen-bond donors (Lipinski definition) is 0. The summed E-state index contributed by atoms with van der Waals surface area (Å²) in [5, 5.41) is 4.36. The molecule has 3 rings (SSSR count). The van der Waals surface area contributed by atoms with Crippen LogP contribution in [0.15, 0.2) is 48.7 Å². The second-order valence-electron chi connectivity index (χ2n) is 4.07. The molecule has 0 aliphatic heterocycles. The lowest BCUT2D eigenvalue weighted by Gasteiger charge is -1.94. The minimum Gasteiger partial charge on any atom is -0.298 e. The second kappa shape index (κ2) is 4.41. The molecule has 0 unspecified atom stereocenters. The van der Waals surface area contributed by atoms with Gasteiger partial charge in [0.2, 0.25) is 0 Å². The molecular weight excluding hydrogens is 226 g/mol. The van der Waals surface area contributed by atoms with Crippen LogP contribution in [0.1, 0.15) is 21.7 Å². The molecule has 0 saturated heterocycles. The standard InChI is InChI=1S/C14H11N3O/c18-10-12-6-7-14-15-13(16-17(14)9-12)8-11-4-2-1-3-5-11/h1-7,9-10H,8H2. The van der Waals surface area contributed by atoms with Crippen LogP contribution < -0.4 is 0 Å². The van der Waals surface area contributed by atoms with Crippen molar-refractivity contribution < 1.29 is 4.79 Å². The highest BCUT2D eigenvalue weighted by Gasteiger charge is 2.04. The van der Waals surface area contributed by atoms with Crippen LogP contribution in [-0.4, -0.2) is 20.9 Å². The largest absolute Gasteiger partial charge is 0.298 e. The van der Waals surface area contributed by atoms with Crippen LogP contribution in [-0.2, 0) is 6.42 Å². The Morgan fingerprint density at radius 3 is 2.72 bits per heavy atom. The van der Waals surface area contributed by atoms with Crippen molar-refractivity contribution in [1.82, 2.24) is 14.6 Å². The molecule has 0 spiro atoms. The van der Waals surface area contributed by atoms with Crippen molar-refractivity contribution in [2.45, 2.75) is 6.42 Å². The van der Waals surface area contributed by atoms with E-state index < -0.39 is 0 Å². The van der Waals surface area contributed by atoms with Crippen molar-refractivity contribution in [3.8, 4) is 0 Å². The third kappa shape index (κ3) is 2.00. The molecular formula is C14H11N3O. The number of benzene rings is 1. The molecule has 4 nitrogen and oxygen atoms in total. The van der Waals surface area contributed by atoms with E-state index in [0.717, 1.165) is 17.8 Å². The van der Waals surface area contributed by atoms with Crippen molar-refractivity contribution in [1.29, 1.82) is 0 Å². The third-order valence-corrected chi connectivity index (χ3v) is 2.74. The zero-order valence-electron chi connectivity index (χ0n) is 9.65. The van der Waals surface area contributed by atoms with Crippen LogP contribution in [0.25, 0.3) is 5.65 Å². The molecule has 0 aliphatic carbocycles. The maximum absolute atomic E-state index is 10.7. The fourth-order valence-electron chi connectivity index (χ4n) is 1.87. The van der Waals surface area contributed by atoms with Gasteiger partial charge in [-0.15, -0.1) is 0 Å². The Balaban J connectivity index is 1.96. The number of aldehydes is 1. The van der Waals surface area contributed by atoms with Gasteiger partial charge in [0, 0.05) is 18.2 Å². The minimum absolute atomic E-state index is 0.596. The normalized spacial score (nSPS) is 10.7. The number of carbonyl (C=O) groups excluding carboxylic acids is 1. The van der Waals surface area contributed by atoms with Crippen molar-refractivity contribution >= 4 is 11.9 Å². The summed E-state index contributed by atoms with van der Waals surface area (Å²) in [6.07, 6.45) is 3.18. The molecule has 4 heteroatoms. The van der Waals surface area contributed by atoms with Gasteiger partial charge in [-0.25, -0.2) is 9.50 Å². The van der Waals surface area contributed by atoms with E-state index in [9.17, 15) is 4.79 Å². The Hall–Kier alpha value is -2.49. The molecule has 0 radical (unpaired) electrons. The van der Waals surface area contributed by atoms with E-state index in [2.05, 4.69) is 10.1 Å².